The molecular weight excluding hydrogens is 497 g/mol. The molecule has 0 spiro atoms. The Morgan fingerprint density at radius 1 is 0.971 bits per heavy atom. The molecule has 4 nitrogen and oxygen atoms in total. The van der Waals surface area contributed by atoms with Crippen LogP contribution in [0.2, 0.25) is 10.0 Å². The fourth-order valence-electron chi connectivity index (χ4n) is 3.90. The number of aromatic nitrogens is 2. The van der Waals surface area contributed by atoms with Crippen LogP contribution in [-0.2, 0) is 6.54 Å². The summed E-state index contributed by atoms with van der Waals surface area (Å²) in [6.07, 6.45) is 4.82. The Morgan fingerprint density at radius 2 is 1.57 bits per heavy atom. The average Bonchev–Trinajstić information content (AvgIpc) is 3.05. The van der Waals surface area contributed by atoms with Crippen LogP contribution in [0.25, 0.3) is 0 Å². The third-order valence-electron chi connectivity index (χ3n) is 5.40. The van der Waals surface area contributed by atoms with Gasteiger partial charge in [-0.05, 0) is 60.9 Å². The lowest BCUT2D eigenvalue weighted by atomic mass is 9.97. The number of hydrogen-bond acceptors (Lipinski definition) is 4. The molecular formula is C28H29Cl2N3OS. The first-order valence-corrected chi connectivity index (χ1v) is 13.1. The maximum Gasteiger partial charge on any atom is 0.144 e. The minimum absolute atomic E-state index is 0.582. The summed E-state index contributed by atoms with van der Waals surface area (Å²) >= 11 is 14.1. The van der Waals surface area contributed by atoms with E-state index in [1.807, 2.05) is 68.4 Å². The lowest BCUT2D eigenvalue weighted by molar-refractivity contribution is 0.699. The van der Waals surface area contributed by atoms with Gasteiger partial charge in [-0.2, -0.15) is 0 Å². The molecule has 2 heterocycles. The normalized spacial score (nSPS) is 11.5. The first kappa shape index (κ1) is 27.0. The number of benzene rings is 2. The zero-order valence-electron chi connectivity index (χ0n) is 20.3. The van der Waals surface area contributed by atoms with Gasteiger partial charge >= 0.3 is 0 Å². The van der Waals surface area contributed by atoms with Crippen molar-refractivity contribution < 1.29 is 0 Å². The summed E-state index contributed by atoms with van der Waals surface area (Å²) in [5, 5.41) is 5.71. The Kier molecular flexibility index (Phi) is 9.96. The quantitative estimate of drug-likeness (QED) is 0.226. The van der Waals surface area contributed by atoms with Gasteiger partial charge in [-0.1, -0.05) is 90.7 Å². The van der Waals surface area contributed by atoms with Crippen molar-refractivity contribution in [3.8, 4) is 0 Å². The van der Waals surface area contributed by atoms with Crippen molar-refractivity contribution in [3.05, 3.63) is 116 Å². The minimum atomic E-state index is -0.586. The molecule has 0 aliphatic carbocycles. The van der Waals surface area contributed by atoms with E-state index in [-0.39, 0.29) is 0 Å². The highest BCUT2D eigenvalue weighted by Crippen LogP contribution is 2.42. The number of halogens is 2. The van der Waals surface area contributed by atoms with Crippen molar-refractivity contribution in [1.82, 2.24) is 9.55 Å². The maximum absolute atomic E-state index is 12.0. The van der Waals surface area contributed by atoms with Crippen LogP contribution in [0.4, 0.5) is 0 Å². The molecule has 0 saturated heterocycles. The highest BCUT2D eigenvalue weighted by molar-refractivity contribution is 7.99. The Labute approximate surface area is 221 Å². The minimum Gasteiger partial charge on any atom is -0.335 e. The van der Waals surface area contributed by atoms with Crippen LogP contribution in [0.5, 0.6) is 0 Å². The van der Waals surface area contributed by atoms with Crippen LogP contribution in [-0.4, -0.2) is 9.55 Å². The molecule has 4 aromatic rings. The highest BCUT2D eigenvalue weighted by Gasteiger charge is 2.26. The maximum atomic E-state index is 12.0. The van der Waals surface area contributed by atoms with Crippen LogP contribution < -0.4 is 0 Å². The summed E-state index contributed by atoms with van der Waals surface area (Å²) in [5.74, 6) is 0. The fourth-order valence-corrected chi connectivity index (χ4v) is 5.72. The van der Waals surface area contributed by atoms with Crippen molar-refractivity contribution in [2.75, 3.05) is 0 Å². The van der Waals surface area contributed by atoms with E-state index in [1.54, 1.807) is 30.2 Å². The summed E-state index contributed by atoms with van der Waals surface area (Å²) in [6.45, 7) is 8.98. The molecule has 0 aliphatic heterocycles. The summed E-state index contributed by atoms with van der Waals surface area (Å²) in [7, 11) is 0. The van der Waals surface area contributed by atoms with Gasteiger partial charge in [0.05, 0.1) is 5.03 Å². The molecule has 0 bridgehead atoms. The predicted octanol–water partition coefficient (Wildman–Crippen LogP) is 9.28. The zero-order valence-corrected chi connectivity index (χ0v) is 22.7. The standard InChI is InChI=1S/C25H21Cl2N3OS.C3H8/c1-16-23(24(29-31)19-6-4-3-5-7-19)17(2)30(15-18-8-10-28-11-9-18)25(16)32-22-13-20(26)12-21(27)14-22;1-3-2/h3-14,24H,15H2,1-2H3;3H2,1-2H3. The molecule has 4 rings (SSSR count). The van der Waals surface area contributed by atoms with Gasteiger partial charge in [-0.3, -0.25) is 4.98 Å². The summed E-state index contributed by atoms with van der Waals surface area (Å²) in [5.41, 5.74) is 4.94. The average molecular weight is 527 g/mol. The van der Waals surface area contributed by atoms with Crippen molar-refractivity contribution in [2.24, 2.45) is 5.18 Å². The van der Waals surface area contributed by atoms with E-state index >= 15 is 0 Å². The molecule has 7 heteroatoms. The summed E-state index contributed by atoms with van der Waals surface area (Å²) in [4.78, 5) is 17.1. The molecule has 0 N–H and O–H groups in total. The molecule has 2 aromatic carbocycles. The molecule has 0 saturated carbocycles. The SMILES string of the molecule is CCC.Cc1c(C(N=O)c2ccccc2)c(C)n(Cc2ccncc2)c1Sc1cc(Cl)cc(Cl)c1. The van der Waals surface area contributed by atoms with E-state index in [4.69, 9.17) is 23.2 Å². The van der Waals surface area contributed by atoms with Gasteiger partial charge in [-0.25, -0.2) is 0 Å². The lowest BCUT2D eigenvalue weighted by Gasteiger charge is -2.13. The van der Waals surface area contributed by atoms with Crippen molar-refractivity contribution in [2.45, 2.75) is 56.6 Å². The van der Waals surface area contributed by atoms with Gasteiger partial charge in [0, 0.05) is 45.1 Å². The van der Waals surface area contributed by atoms with Crippen LogP contribution in [0.3, 0.4) is 0 Å². The highest BCUT2D eigenvalue weighted by atomic mass is 35.5. The monoisotopic (exact) mass is 525 g/mol. The van der Waals surface area contributed by atoms with Gasteiger partial charge < -0.3 is 4.57 Å². The number of nitroso groups, excluding NO2 is 1. The molecule has 1 atom stereocenters. The van der Waals surface area contributed by atoms with E-state index in [1.165, 1.54) is 6.42 Å². The number of pyridine rings is 1. The Balaban J connectivity index is 0.00000108. The van der Waals surface area contributed by atoms with Crippen molar-refractivity contribution in [1.29, 1.82) is 0 Å². The number of rotatable bonds is 7. The van der Waals surface area contributed by atoms with Gasteiger partial charge in [0.15, 0.2) is 0 Å². The third-order valence-corrected chi connectivity index (χ3v) is 7.03. The molecule has 0 fully saturated rings. The molecule has 35 heavy (non-hydrogen) atoms. The van der Waals surface area contributed by atoms with Gasteiger partial charge in [0.2, 0.25) is 0 Å². The van der Waals surface area contributed by atoms with E-state index in [0.29, 0.717) is 16.6 Å². The Hall–Kier alpha value is -2.60. The second-order valence-corrected chi connectivity index (χ2v) is 10.1. The fraction of sp³-hybridized carbons (Fsp3) is 0.250. The molecule has 0 radical (unpaired) electrons. The number of nitrogens with zero attached hydrogens (tertiary/aromatic N) is 3. The van der Waals surface area contributed by atoms with Gasteiger partial charge in [0.25, 0.3) is 0 Å². The summed E-state index contributed by atoms with van der Waals surface area (Å²) < 4.78 is 2.22. The smallest absolute Gasteiger partial charge is 0.144 e. The summed E-state index contributed by atoms with van der Waals surface area (Å²) in [6, 6.07) is 18.6. The molecule has 2 aromatic heterocycles. The molecule has 1 unspecified atom stereocenters. The molecule has 0 aliphatic rings. The first-order valence-electron chi connectivity index (χ1n) is 11.5. The van der Waals surface area contributed by atoms with Crippen LogP contribution >= 0.6 is 35.0 Å². The van der Waals surface area contributed by atoms with Crippen LogP contribution in [0.15, 0.2) is 88.2 Å². The largest absolute Gasteiger partial charge is 0.335 e. The van der Waals surface area contributed by atoms with Gasteiger partial charge in [0.1, 0.15) is 6.04 Å². The van der Waals surface area contributed by atoms with Crippen LogP contribution in [0.1, 0.15) is 54.3 Å². The van der Waals surface area contributed by atoms with E-state index in [2.05, 4.69) is 28.6 Å². The Bertz CT molecular complexity index is 1240. The molecule has 0 amide bonds. The van der Waals surface area contributed by atoms with E-state index in [9.17, 15) is 4.91 Å². The predicted molar refractivity (Wildman–Crippen MR) is 148 cm³/mol. The van der Waals surface area contributed by atoms with E-state index in [0.717, 1.165) is 37.9 Å². The third kappa shape index (κ3) is 6.75. The second-order valence-electron chi connectivity index (χ2n) is 8.20. The van der Waals surface area contributed by atoms with E-state index < -0.39 is 6.04 Å². The van der Waals surface area contributed by atoms with Crippen molar-refractivity contribution >= 4 is 35.0 Å². The molecule has 182 valence electrons. The Morgan fingerprint density at radius 3 is 2.14 bits per heavy atom. The topological polar surface area (TPSA) is 47.2 Å². The second kappa shape index (κ2) is 12.9. The van der Waals surface area contributed by atoms with Crippen LogP contribution in [0, 0.1) is 18.8 Å². The van der Waals surface area contributed by atoms with Crippen molar-refractivity contribution in [3.63, 3.8) is 0 Å². The van der Waals surface area contributed by atoms with Gasteiger partial charge in [-0.15, -0.1) is 4.91 Å². The zero-order chi connectivity index (χ0) is 25.4. The number of hydrogen-bond donors (Lipinski definition) is 0. The first-order chi connectivity index (χ1) is 16.9. The lowest BCUT2D eigenvalue weighted by Crippen LogP contribution is -2.05.